The van der Waals surface area contributed by atoms with E-state index in [0.717, 1.165) is 64.2 Å². The van der Waals surface area contributed by atoms with Crippen LogP contribution in [0.4, 0.5) is 0 Å². The molecule has 1 amide bonds. The van der Waals surface area contributed by atoms with Gasteiger partial charge in [-0.3, -0.25) is 9.69 Å². The fourth-order valence-electron chi connectivity index (χ4n) is 4.84. The molecule has 1 spiro atoms. The van der Waals surface area contributed by atoms with Gasteiger partial charge in [-0.15, -0.1) is 0 Å². The molecule has 1 atom stereocenters. The number of amides is 1. The molecule has 2 heterocycles. The second-order valence-electron chi connectivity index (χ2n) is 9.44. The fourth-order valence-corrected chi connectivity index (χ4v) is 4.84. The summed E-state index contributed by atoms with van der Waals surface area (Å²) in [6.07, 6.45) is 2.96. The molecule has 2 aliphatic rings. The fraction of sp³-hybridized carbons (Fsp3) is 0.720. The third-order valence-electron chi connectivity index (χ3n) is 6.52. The van der Waals surface area contributed by atoms with Crippen LogP contribution in [0.5, 0.6) is 0 Å². The normalized spacial score (nSPS) is 22.1. The summed E-state index contributed by atoms with van der Waals surface area (Å²) in [5.74, 6) is 0.770. The van der Waals surface area contributed by atoms with E-state index in [1.54, 1.807) is 0 Å². The molecule has 30 heavy (non-hydrogen) atoms. The zero-order valence-corrected chi connectivity index (χ0v) is 19.6. The van der Waals surface area contributed by atoms with E-state index in [9.17, 15) is 4.79 Å². The highest BCUT2D eigenvalue weighted by Crippen LogP contribution is 2.33. The van der Waals surface area contributed by atoms with Gasteiger partial charge < -0.3 is 14.4 Å². The monoisotopic (exact) mass is 416 g/mol. The summed E-state index contributed by atoms with van der Waals surface area (Å²) in [6.45, 7) is 16.6. The Labute approximate surface area is 182 Å². The lowest BCUT2D eigenvalue weighted by Gasteiger charge is -2.50. The number of rotatable bonds is 7. The van der Waals surface area contributed by atoms with Crippen molar-refractivity contribution in [2.45, 2.75) is 65.6 Å². The molecule has 0 N–H and O–H groups in total. The molecule has 2 aliphatic heterocycles. The maximum Gasteiger partial charge on any atom is 0.253 e. The second-order valence-corrected chi connectivity index (χ2v) is 9.44. The van der Waals surface area contributed by atoms with Crippen molar-refractivity contribution >= 4 is 5.91 Å². The topological polar surface area (TPSA) is 42.0 Å². The number of likely N-dealkylation sites (N-methyl/N-ethyl adjacent to an activating group) is 1. The van der Waals surface area contributed by atoms with E-state index in [4.69, 9.17) is 9.47 Å². The predicted molar refractivity (Wildman–Crippen MR) is 121 cm³/mol. The number of carbonyl (C=O) groups excluding carboxylic acids is 1. The number of likely N-dealkylation sites (tertiary alicyclic amines) is 1. The van der Waals surface area contributed by atoms with Gasteiger partial charge in [-0.05, 0) is 68.8 Å². The molecule has 5 nitrogen and oxygen atoms in total. The minimum absolute atomic E-state index is 0.122. The highest BCUT2D eigenvalue weighted by molar-refractivity contribution is 5.94. The lowest BCUT2D eigenvalue weighted by Crippen LogP contribution is -2.60. The zero-order chi connectivity index (χ0) is 21.7. The Kier molecular flexibility index (Phi) is 7.94. The molecule has 2 saturated heterocycles. The minimum Gasteiger partial charge on any atom is -0.379 e. The number of piperidine rings is 1. The highest BCUT2D eigenvalue weighted by Gasteiger charge is 2.43. The summed E-state index contributed by atoms with van der Waals surface area (Å²) < 4.78 is 12.2. The van der Waals surface area contributed by atoms with Crippen LogP contribution in [0.2, 0.25) is 0 Å². The molecule has 3 rings (SSSR count). The number of hydrogen-bond acceptors (Lipinski definition) is 4. The second kappa shape index (κ2) is 10.3. The van der Waals surface area contributed by atoms with Gasteiger partial charge in [0.15, 0.2) is 0 Å². The molecule has 0 aliphatic carbocycles. The third-order valence-corrected chi connectivity index (χ3v) is 6.52. The van der Waals surface area contributed by atoms with Gasteiger partial charge in [0.1, 0.15) is 0 Å². The summed E-state index contributed by atoms with van der Waals surface area (Å²) in [4.78, 5) is 17.6. The van der Waals surface area contributed by atoms with Crippen molar-refractivity contribution in [1.29, 1.82) is 0 Å². The summed E-state index contributed by atoms with van der Waals surface area (Å²) in [5, 5.41) is 0. The van der Waals surface area contributed by atoms with Crippen LogP contribution >= 0.6 is 0 Å². The van der Waals surface area contributed by atoms with E-state index in [1.165, 1.54) is 11.1 Å². The average Bonchev–Trinajstić information content (AvgIpc) is 2.73. The molecule has 5 heteroatoms. The largest absolute Gasteiger partial charge is 0.379 e. The molecule has 1 aromatic rings. The van der Waals surface area contributed by atoms with Crippen LogP contribution in [-0.2, 0) is 15.9 Å². The number of ether oxygens (including phenoxy) is 2. The Morgan fingerprint density at radius 2 is 2.00 bits per heavy atom. The van der Waals surface area contributed by atoms with E-state index < -0.39 is 0 Å². The summed E-state index contributed by atoms with van der Waals surface area (Å²) in [6, 6.07) is 6.21. The lowest BCUT2D eigenvalue weighted by atomic mass is 9.88. The summed E-state index contributed by atoms with van der Waals surface area (Å²) in [7, 11) is 0. The van der Waals surface area contributed by atoms with Crippen molar-refractivity contribution in [3.05, 3.63) is 34.9 Å². The maximum atomic E-state index is 13.1. The molecular formula is C25H40N2O3. The van der Waals surface area contributed by atoms with Gasteiger partial charge in [-0.2, -0.15) is 0 Å². The van der Waals surface area contributed by atoms with Crippen LogP contribution in [0.3, 0.4) is 0 Å². The SMILES string of the molecule is CCOCC1CN(CC)CC2(CCN(C(=O)c3ccc(CC(C)C)c(C)c3)CC2)O1. The maximum absolute atomic E-state index is 13.1. The first-order valence-corrected chi connectivity index (χ1v) is 11.7. The number of hydrogen-bond donors (Lipinski definition) is 0. The van der Waals surface area contributed by atoms with Crippen LogP contribution < -0.4 is 0 Å². The number of morpholine rings is 1. The number of nitrogens with zero attached hydrogens (tertiary/aromatic N) is 2. The number of benzene rings is 1. The Bertz CT molecular complexity index is 710. The molecule has 1 unspecified atom stereocenters. The third kappa shape index (κ3) is 5.63. The quantitative estimate of drug-likeness (QED) is 0.676. The van der Waals surface area contributed by atoms with Crippen molar-refractivity contribution in [2.75, 3.05) is 45.9 Å². The number of aryl methyl sites for hydroxylation is 1. The van der Waals surface area contributed by atoms with Crippen LogP contribution in [0, 0.1) is 12.8 Å². The molecule has 0 saturated carbocycles. The first kappa shape index (κ1) is 23.2. The minimum atomic E-state index is -0.149. The Hall–Kier alpha value is -1.43. The summed E-state index contributed by atoms with van der Waals surface area (Å²) >= 11 is 0. The van der Waals surface area contributed by atoms with Crippen molar-refractivity contribution in [1.82, 2.24) is 9.80 Å². The van der Waals surface area contributed by atoms with E-state index in [2.05, 4.69) is 44.7 Å². The van der Waals surface area contributed by atoms with Crippen molar-refractivity contribution in [3.8, 4) is 0 Å². The van der Waals surface area contributed by atoms with Gasteiger partial charge in [0.05, 0.1) is 18.3 Å². The van der Waals surface area contributed by atoms with Crippen molar-refractivity contribution in [3.63, 3.8) is 0 Å². The van der Waals surface area contributed by atoms with Crippen molar-refractivity contribution in [2.24, 2.45) is 5.92 Å². The lowest BCUT2D eigenvalue weighted by molar-refractivity contribution is -0.186. The molecule has 0 aromatic heterocycles. The molecular weight excluding hydrogens is 376 g/mol. The van der Waals surface area contributed by atoms with Crippen LogP contribution in [0.1, 0.15) is 62.0 Å². The standard InChI is InChI=1S/C25H40N2O3/c1-6-26-16-23(17-29-7-2)30-25(18-26)10-12-27(13-11-25)24(28)22-9-8-21(14-19(3)4)20(5)15-22/h8-9,15,19,23H,6-7,10-14,16-18H2,1-5H3. The van der Waals surface area contributed by atoms with E-state index in [1.807, 2.05) is 17.9 Å². The first-order valence-electron chi connectivity index (χ1n) is 11.7. The smallest absolute Gasteiger partial charge is 0.253 e. The van der Waals surface area contributed by atoms with Gasteiger partial charge in [0.25, 0.3) is 5.91 Å². The Morgan fingerprint density at radius 3 is 2.60 bits per heavy atom. The summed E-state index contributed by atoms with van der Waals surface area (Å²) in [5.41, 5.74) is 3.22. The van der Waals surface area contributed by atoms with Gasteiger partial charge in [0, 0.05) is 38.3 Å². The van der Waals surface area contributed by atoms with E-state index in [-0.39, 0.29) is 17.6 Å². The zero-order valence-electron chi connectivity index (χ0n) is 19.6. The van der Waals surface area contributed by atoms with Crippen LogP contribution in [0.15, 0.2) is 18.2 Å². The van der Waals surface area contributed by atoms with Gasteiger partial charge in [0.2, 0.25) is 0 Å². The van der Waals surface area contributed by atoms with E-state index in [0.29, 0.717) is 12.5 Å². The van der Waals surface area contributed by atoms with Gasteiger partial charge in [-0.1, -0.05) is 26.8 Å². The molecule has 0 bridgehead atoms. The molecule has 168 valence electrons. The van der Waals surface area contributed by atoms with Crippen LogP contribution in [-0.4, -0.2) is 73.3 Å². The highest BCUT2D eigenvalue weighted by atomic mass is 16.5. The van der Waals surface area contributed by atoms with Gasteiger partial charge >= 0.3 is 0 Å². The van der Waals surface area contributed by atoms with Crippen molar-refractivity contribution < 1.29 is 14.3 Å². The number of carbonyl (C=O) groups is 1. The van der Waals surface area contributed by atoms with Crippen LogP contribution in [0.25, 0.3) is 0 Å². The first-order chi connectivity index (χ1) is 14.4. The Balaban J connectivity index is 1.62. The van der Waals surface area contributed by atoms with Gasteiger partial charge in [-0.25, -0.2) is 0 Å². The molecule has 2 fully saturated rings. The average molecular weight is 417 g/mol. The predicted octanol–water partition coefficient (Wildman–Crippen LogP) is 3.93. The Morgan fingerprint density at radius 1 is 1.27 bits per heavy atom. The van der Waals surface area contributed by atoms with E-state index >= 15 is 0 Å². The molecule has 1 aromatic carbocycles. The molecule has 0 radical (unpaired) electrons.